The molecule has 96 heavy (non-hydrogen) atoms. The maximum atomic E-state index is 17.2. The SMILES string of the molecule is Fc1cccc(F)c1N1c2ccccc2B2c3cc4c(cc3Oc3cc(-n5c6ccccc6c6ccc(-c7ccccc7)cc65)cc1c32)N(c1ccccc1)c1cc(-n2c3ccccc3c3ccc(-c5ccccc5)cc32)cc2c1B4c1ccccc1N2c1c(F)cccc1F. The van der Waals surface area contributed by atoms with E-state index in [1.165, 1.54) is 36.4 Å². The Labute approximate surface area is 549 Å². The third-order valence-corrected chi connectivity index (χ3v) is 20.2. The fourth-order valence-electron chi connectivity index (χ4n) is 16.2. The minimum Gasteiger partial charge on any atom is -0.458 e. The highest BCUT2D eigenvalue weighted by atomic mass is 19.1. The van der Waals surface area contributed by atoms with Crippen LogP contribution in [0.5, 0.6) is 11.5 Å². The maximum Gasteiger partial charge on any atom is 0.256 e. The Hall–Kier alpha value is -12.3. The number of halogens is 4. The highest BCUT2D eigenvalue weighted by Crippen LogP contribution is 2.51. The number of benzene rings is 14. The van der Waals surface area contributed by atoms with Crippen LogP contribution < -0.4 is 52.2 Å². The first-order chi connectivity index (χ1) is 47.3. The summed E-state index contributed by atoms with van der Waals surface area (Å²) in [5, 5.41) is 4.20. The summed E-state index contributed by atoms with van der Waals surface area (Å²) >= 11 is 0. The topological polar surface area (TPSA) is 28.8 Å². The second-order valence-electron chi connectivity index (χ2n) is 25.2. The Balaban J connectivity index is 0.876. The minimum atomic E-state index is -0.716. The number of nitrogens with zero attached hydrogens (tertiary/aromatic N) is 5. The Kier molecular flexibility index (Phi) is 11.7. The van der Waals surface area contributed by atoms with Crippen molar-refractivity contribution in [3.8, 4) is 45.1 Å². The van der Waals surface area contributed by atoms with Crippen molar-refractivity contribution in [3.63, 3.8) is 0 Å². The fourth-order valence-corrected chi connectivity index (χ4v) is 16.2. The van der Waals surface area contributed by atoms with Gasteiger partial charge in [0, 0.05) is 73.5 Å². The molecule has 0 atom stereocenters. The third-order valence-electron chi connectivity index (χ3n) is 20.2. The fraction of sp³-hybridized carbons (Fsp3) is 0. The number of hydrogen-bond acceptors (Lipinski definition) is 4. The first-order valence-corrected chi connectivity index (χ1v) is 32.2. The highest BCUT2D eigenvalue weighted by Gasteiger charge is 2.49. The van der Waals surface area contributed by atoms with Crippen LogP contribution in [-0.4, -0.2) is 22.6 Å². The van der Waals surface area contributed by atoms with Gasteiger partial charge in [0.25, 0.3) is 13.4 Å². The van der Waals surface area contributed by atoms with Crippen LogP contribution in [0.3, 0.4) is 0 Å². The van der Waals surface area contributed by atoms with Gasteiger partial charge in [0.1, 0.15) is 46.1 Å². The number of rotatable bonds is 7. The van der Waals surface area contributed by atoms with Gasteiger partial charge in [-0.3, -0.25) is 0 Å². The van der Waals surface area contributed by atoms with Crippen molar-refractivity contribution in [2.45, 2.75) is 0 Å². The van der Waals surface area contributed by atoms with Gasteiger partial charge >= 0.3 is 0 Å². The van der Waals surface area contributed by atoms with Gasteiger partial charge in [-0.15, -0.1) is 0 Å². The van der Waals surface area contributed by atoms with E-state index in [1.807, 2.05) is 97.1 Å². The third kappa shape index (κ3) is 7.78. The van der Waals surface area contributed by atoms with Gasteiger partial charge in [-0.25, -0.2) is 17.6 Å². The maximum absolute atomic E-state index is 17.2. The Morgan fingerprint density at radius 3 is 1.21 bits per heavy atom. The van der Waals surface area contributed by atoms with Gasteiger partial charge in [-0.1, -0.05) is 194 Å². The summed E-state index contributed by atoms with van der Waals surface area (Å²) in [6, 6.07) is 97.6. The molecular weight excluding hydrogens is 1190 g/mol. The van der Waals surface area contributed by atoms with Crippen molar-refractivity contribution >= 4 is 141 Å². The molecule has 6 heterocycles. The quantitative estimate of drug-likeness (QED) is 0.117. The number of anilines is 9. The molecule has 2 aromatic heterocycles. The molecule has 6 nitrogen and oxygen atoms in total. The Morgan fingerprint density at radius 1 is 0.250 bits per heavy atom. The molecular formula is C84H49B2F4N5O. The minimum absolute atomic E-state index is 0.192. The number of ether oxygens (including phenoxy) is 1. The van der Waals surface area contributed by atoms with Crippen molar-refractivity contribution in [1.82, 2.24) is 9.13 Å². The van der Waals surface area contributed by atoms with E-state index in [0.29, 0.717) is 34.2 Å². The van der Waals surface area contributed by atoms with Crippen LogP contribution in [0.15, 0.2) is 297 Å². The van der Waals surface area contributed by atoms with Gasteiger partial charge in [-0.2, -0.15) is 0 Å². The van der Waals surface area contributed by atoms with E-state index in [1.54, 1.807) is 9.80 Å². The van der Waals surface area contributed by atoms with Crippen LogP contribution in [0.2, 0.25) is 0 Å². The molecule has 0 spiro atoms. The zero-order valence-corrected chi connectivity index (χ0v) is 51.1. The predicted molar refractivity (Wildman–Crippen MR) is 386 cm³/mol. The van der Waals surface area contributed by atoms with Crippen LogP contribution in [0.1, 0.15) is 0 Å². The molecule has 4 aliphatic heterocycles. The summed E-state index contributed by atoms with van der Waals surface area (Å²) in [5.74, 6) is -1.72. The number of fused-ring (bicyclic) bond motifs is 14. The smallest absolute Gasteiger partial charge is 0.256 e. The van der Waals surface area contributed by atoms with Gasteiger partial charge in [0.05, 0.1) is 33.4 Å². The van der Waals surface area contributed by atoms with Gasteiger partial charge in [0.15, 0.2) is 0 Å². The lowest BCUT2D eigenvalue weighted by Gasteiger charge is -2.45. The van der Waals surface area contributed by atoms with Crippen LogP contribution >= 0.6 is 0 Å². The molecule has 0 fully saturated rings. The Morgan fingerprint density at radius 2 is 0.677 bits per heavy atom. The van der Waals surface area contributed by atoms with Crippen LogP contribution in [0, 0.1) is 23.3 Å². The average Bonchev–Trinajstić information content (AvgIpc) is 1.61. The summed E-state index contributed by atoms with van der Waals surface area (Å²) in [7, 11) is 0. The first-order valence-electron chi connectivity index (χ1n) is 32.2. The average molecular weight is 1240 g/mol. The van der Waals surface area contributed by atoms with Gasteiger partial charge in [0.2, 0.25) is 0 Å². The molecule has 0 saturated carbocycles. The van der Waals surface area contributed by atoms with E-state index in [9.17, 15) is 0 Å². The van der Waals surface area contributed by atoms with Crippen molar-refractivity contribution < 1.29 is 22.3 Å². The van der Waals surface area contributed by atoms with Crippen molar-refractivity contribution in [2.24, 2.45) is 0 Å². The molecule has 0 unspecified atom stereocenters. The molecule has 12 heteroatoms. The normalized spacial score (nSPS) is 13.2. The molecule has 0 amide bonds. The van der Waals surface area contributed by atoms with E-state index in [-0.39, 0.29) is 11.4 Å². The molecule has 450 valence electrons. The van der Waals surface area contributed by atoms with E-state index >= 15 is 17.6 Å². The molecule has 20 rings (SSSR count). The first kappa shape index (κ1) is 54.3. The molecule has 0 saturated heterocycles. The molecule has 14 aromatic carbocycles. The van der Waals surface area contributed by atoms with Gasteiger partial charge < -0.3 is 28.6 Å². The predicted octanol–water partition coefficient (Wildman–Crippen LogP) is 18.3. The molecule has 16 aromatic rings. The largest absolute Gasteiger partial charge is 0.458 e. The number of para-hydroxylation sites is 7. The standard InChI is InChI=1S/C84H49B2F4N5O/c87-65-30-18-31-66(88)83(65)94-71-36-16-12-28-61(71)85-63-48-64-79(49-75(63)91(54-24-8-3-9-25-54)76-44-55(45-77(94)81(76)85)92-69-34-14-10-26-57(69)59-40-38-52(42-73(59)92)50-20-4-1-5-21-50)96-80-47-56(93-70-35-15-11-27-58(70)60-41-39-53(43-74(60)93)51-22-6-2-7-23-51)46-78-82(80)86(64)62-29-13-17-37-72(62)95(78)84-67(89)32-19-33-68(84)90/h1-49H. The highest BCUT2D eigenvalue weighted by molar-refractivity contribution is 7.02. The molecule has 0 radical (unpaired) electrons. The summed E-state index contributed by atoms with van der Waals surface area (Å²) in [6.45, 7) is -1.05. The zero-order chi connectivity index (χ0) is 63.6. The number of aromatic nitrogens is 2. The molecule has 0 N–H and O–H groups in total. The summed E-state index contributed by atoms with van der Waals surface area (Å²) < 4.78 is 80.6. The summed E-state index contributed by atoms with van der Waals surface area (Å²) in [5.41, 5.74) is 19.1. The van der Waals surface area contributed by atoms with Gasteiger partial charge in [-0.05, 0) is 146 Å². The van der Waals surface area contributed by atoms with Crippen molar-refractivity contribution in [3.05, 3.63) is 321 Å². The van der Waals surface area contributed by atoms with Crippen LogP contribution in [-0.2, 0) is 0 Å². The van der Waals surface area contributed by atoms with Crippen molar-refractivity contribution in [2.75, 3.05) is 14.7 Å². The van der Waals surface area contributed by atoms with Crippen LogP contribution in [0.4, 0.5) is 68.7 Å². The van der Waals surface area contributed by atoms with E-state index in [0.717, 1.165) is 127 Å². The van der Waals surface area contributed by atoms with Crippen molar-refractivity contribution in [1.29, 1.82) is 0 Å². The molecule has 0 bridgehead atoms. The Bertz CT molecular complexity index is 5960. The second kappa shape index (κ2) is 20.6. The van der Waals surface area contributed by atoms with Crippen LogP contribution in [0.25, 0.3) is 77.2 Å². The van der Waals surface area contributed by atoms with E-state index in [4.69, 9.17) is 4.74 Å². The zero-order valence-electron chi connectivity index (χ0n) is 51.1. The lowest BCUT2D eigenvalue weighted by molar-refractivity contribution is 0.487. The lowest BCUT2D eigenvalue weighted by Crippen LogP contribution is -2.64. The lowest BCUT2D eigenvalue weighted by atomic mass is 9.30. The molecule has 0 aliphatic carbocycles. The second-order valence-corrected chi connectivity index (χ2v) is 25.2. The van der Waals surface area contributed by atoms with E-state index < -0.39 is 36.7 Å². The summed E-state index contributed by atoms with van der Waals surface area (Å²) in [6.07, 6.45) is 0. The molecule has 4 aliphatic rings. The number of hydrogen-bond donors (Lipinski definition) is 0. The summed E-state index contributed by atoms with van der Waals surface area (Å²) in [4.78, 5) is 5.80. The van der Waals surface area contributed by atoms with E-state index in [2.05, 4.69) is 178 Å². The monoisotopic (exact) mass is 1240 g/mol.